The molecule has 0 saturated heterocycles. The summed E-state index contributed by atoms with van der Waals surface area (Å²) in [7, 11) is 0. The van der Waals surface area contributed by atoms with Crippen LogP contribution in [0.3, 0.4) is 0 Å². The first-order valence-electron chi connectivity index (χ1n) is 5.41. The van der Waals surface area contributed by atoms with E-state index >= 15 is 0 Å². The zero-order chi connectivity index (χ0) is 13.0. The molecule has 0 aromatic heterocycles. The second kappa shape index (κ2) is 5.19. The maximum atomic E-state index is 12.9. The Morgan fingerprint density at radius 2 is 2.00 bits per heavy atom. The molecule has 0 atom stereocenters. The summed E-state index contributed by atoms with van der Waals surface area (Å²) < 4.78 is 12.9. The van der Waals surface area contributed by atoms with Gasteiger partial charge in [0.1, 0.15) is 17.6 Å². The van der Waals surface area contributed by atoms with Crippen molar-refractivity contribution in [3.8, 4) is 11.8 Å². The summed E-state index contributed by atoms with van der Waals surface area (Å²) >= 11 is 0. The number of benzene rings is 2. The van der Waals surface area contributed by atoms with Crippen LogP contribution < -0.4 is 5.32 Å². The molecule has 0 aliphatic carbocycles. The molecule has 2 aromatic carbocycles. The fourth-order valence-electron chi connectivity index (χ4n) is 1.61. The molecule has 4 heteroatoms. The van der Waals surface area contributed by atoms with Gasteiger partial charge in [-0.2, -0.15) is 5.26 Å². The monoisotopic (exact) mass is 242 g/mol. The number of phenols is 1. The Balaban J connectivity index is 2.16. The molecular weight excluding hydrogens is 231 g/mol. The molecule has 0 unspecified atom stereocenters. The SMILES string of the molecule is N#Cc1cc(F)ccc1NCc1ccccc1O. The van der Waals surface area contributed by atoms with Crippen LogP contribution in [0.15, 0.2) is 42.5 Å². The Morgan fingerprint density at radius 3 is 2.72 bits per heavy atom. The number of aromatic hydroxyl groups is 1. The van der Waals surface area contributed by atoms with Crippen LogP contribution in [0.4, 0.5) is 10.1 Å². The van der Waals surface area contributed by atoms with E-state index < -0.39 is 5.82 Å². The van der Waals surface area contributed by atoms with Crippen molar-refractivity contribution in [2.45, 2.75) is 6.54 Å². The highest BCUT2D eigenvalue weighted by molar-refractivity contribution is 5.57. The Morgan fingerprint density at radius 1 is 1.22 bits per heavy atom. The van der Waals surface area contributed by atoms with Gasteiger partial charge >= 0.3 is 0 Å². The van der Waals surface area contributed by atoms with E-state index in [2.05, 4.69) is 5.32 Å². The molecular formula is C14H11FN2O. The molecule has 18 heavy (non-hydrogen) atoms. The average Bonchev–Trinajstić information content (AvgIpc) is 2.39. The predicted octanol–water partition coefficient (Wildman–Crippen LogP) is 3.02. The molecule has 0 aliphatic heterocycles. The van der Waals surface area contributed by atoms with E-state index in [1.807, 2.05) is 12.1 Å². The van der Waals surface area contributed by atoms with Gasteiger partial charge in [0, 0.05) is 12.1 Å². The third kappa shape index (κ3) is 2.58. The minimum atomic E-state index is -0.445. The lowest BCUT2D eigenvalue weighted by molar-refractivity contribution is 0.469. The Labute approximate surface area is 104 Å². The van der Waals surface area contributed by atoms with Gasteiger partial charge < -0.3 is 10.4 Å². The number of anilines is 1. The summed E-state index contributed by atoms with van der Waals surface area (Å²) in [6.45, 7) is 0.368. The molecule has 0 fully saturated rings. The number of nitrogens with one attached hydrogen (secondary N) is 1. The normalized spacial score (nSPS) is 9.78. The van der Waals surface area contributed by atoms with Crippen LogP contribution >= 0.6 is 0 Å². The fraction of sp³-hybridized carbons (Fsp3) is 0.0714. The summed E-state index contributed by atoms with van der Waals surface area (Å²) in [5.74, 6) is -0.259. The third-order valence-electron chi connectivity index (χ3n) is 2.56. The summed E-state index contributed by atoms with van der Waals surface area (Å²) in [6.07, 6.45) is 0. The second-order valence-electron chi connectivity index (χ2n) is 3.78. The van der Waals surface area contributed by atoms with Crippen molar-refractivity contribution in [2.75, 3.05) is 5.32 Å². The molecule has 3 nitrogen and oxygen atoms in total. The van der Waals surface area contributed by atoms with E-state index in [1.165, 1.54) is 18.2 Å². The highest BCUT2D eigenvalue weighted by atomic mass is 19.1. The quantitative estimate of drug-likeness (QED) is 0.869. The number of nitrogens with zero attached hydrogens (tertiary/aromatic N) is 1. The van der Waals surface area contributed by atoms with Crippen LogP contribution in [0, 0.1) is 17.1 Å². The first-order valence-corrected chi connectivity index (χ1v) is 5.41. The minimum Gasteiger partial charge on any atom is -0.508 e. The molecule has 0 bridgehead atoms. The summed E-state index contributed by atoms with van der Waals surface area (Å²) in [4.78, 5) is 0. The van der Waals surface area contributed by atoms with Crippen molar-refractivity contribution in [1.82, 2.24) is 0 Å². The van der Waals surface area contributed by atoms with Crippen molar-refractivity contribution < 1.29 is 9.50 Å². The second-order valence-corrected chi connectivity index (χ2v) is 3.78. The first kappa shape index (κ1) is 11.9. The van der Waals surface area contributed by atoms with Gasteiger partial charge in [-0.25, -0.2) is 4.39 Å². The third-order valence-corrected chi connectivity index (χ3v) is 2.56. The number of rotatable bonds is 3. The van der Waals surface area contributed by atoms with Crippen LogP contribution in [0.1, 0.15) is 11.1 Å². The van der Waals surface area contributed by atoms with Crippen LogP contribution in [0.25, 0.3) is 0 Å². The smallest absolute Gasteiger partial charge is 0.124 e. The molecule has 0 saturated carbocycles. The highest BCUT2D eigenvalue weighted by Gasteiger charge is 2.04. The van der Waals surface area contributed by atoms with Crippen LogP contribution in [-0.2, 0) is 6.54 Å². The molecule has 2 N–H and O–H groups in total. The number of para-hydroxylation sites is 1. The van der Waals surface area contributed by atoms with Crippen molar-refractivity contribution in [3.63, 3.8) is 0 Å². The average molecular weight is 242 g/mol. The van der Waals surface area contributed by atoms with Gasteiger partial charge in [-0.3, -0.25) is 0 Å². The first-order chi connectivity index (χ1) is 8.70. The number of nitriles is 1. The van der Waals surface area contributed by atoms with Crippen LogP contribution in [-0.4, -0.2) is 5.11 Å². The van der Waals surface area contributed by atoms with E-state index in [0.29, 0.717) is 17.8 Å². The van der Waals surface area contributed by atoms with Crippen LogP contribution in [0.5, 0.6) is 5.75 Å². The lowest BCUT2D eigenvalue weighted by atomic mass is 10.1. The summed E-state index contributed by atoms with van der Waals surface area (Å²) in [5, 5.41) is 21.5. The van der Waals surface area contributed by atoms with E-state index in [1.54, 1.807) is 18.2 Å². The van der Waals surface area contributed by atoms with Gasteiger partial charge in [-0.15, -0.1) is 0 Å². The van der Waals surface area contributed by atoms with E-state index in [9.17, 15) is 9.50 Å². The van der Waals surface area contributed by atoms with Crippen molar-refractivity contribution in [3.05, 3.63) is 59.4 Å². The van der Waals surface area contributed by atoms with Crippen molar-refractivity contribution in [1.29, 1.82) is 5.26 Å². The fourth-order valence-corrected chi connectivity index (χ4v) is 1.61. The van der Waals surface area contributed by atoms with E-state index in [0.717, 1.165) is 0 Å². The minimum absolute atomic E-state index is 0.186. The highest BCUT2D eigenvalue weighted by Crippen LogP contribution is 2.20. The number of halogens is 1. The summed E-state index contributed by atoms with van der Waals surface area (Å²) in [6, 6.07) is 12.8. The number of phenolic OH excluding ortho intramolecular Hbond substituents is 1. The van der Waals surface area contributed by atoms with Gasteiger partial charge in [-0.1, -0.05) is 18.2 Å². The van der Waals surface area contributed by atoms with Crippen LogP contribution in [0.2, 0.25) is 0 Å². The van der Waals surface area contributed by atoms with Gasteiger partial charge in [0.2, 0.25) is 0 Å². The molecule has 90 valence electrons. The van der Waals surface area contributed by atoms with E-state index in [-0.39, 0.29) is 11.3 Å². The zero-order valence-electron chi connectivity index (χ0n) is 9.52. The molecule has 0 radical (unpaired) electrons. The maximum absolute atomic E-state index is 12.9. The number of hydrogen-bond acceptors (Lipinski definition) is 3. The number of hydrogen-bond donors (Lipinski definition) is 2. The standard InChI is InChI=1S/C14H11FN2O/c15-12-5-6-13(11(7-12)8-16)17-9-10-3-1-2-4-14(10)18/h1-7,17-18H,9H2. The Hall–Kier alpha value is -2.54. The van der Waals surface area contributed by atoms with E-state index in [4.69, 9.17) is 5.26 Å². The molecule has 0 aliphatic rings. The molecule has 0 amide bonds. The van der Waals surface area contributed by atoms with Gasteiger partial charge in [0.25, 0.3) is 0 Å². The van der Waals surface area contributed by atoms with Gasteiger partial charge in [-0.05, 0) is 24.3 Å². The Bertz CT molecular complexity index is 605. The predicted molar refractivity (Wildman–Crippen MR) is 66.5 cm³/mol. The molecule has 2 rings (SSSR count). The topological polar surface area (TPSA) is 56.0 Å². The molecule has 0 spiro atoms. The van der Waals surface area contributed by atoms with Crippen molar-refractivity contribution in [2.24, 2.45) is 0 Å². The Kier molecular flexibility index (Phi) is 3.44. The zero-order valence-corrected chi connectivity index (χ0v) is 9.52. The maximum Gasteiger partial charge on any atom is 0.124 e. The lowest BCUT2D eigenvalue weighted by Crippen LogP contribution is -2.01. The van der Waals surface area contributed by atoms with Gasteiger partial charge in [0.15, 0.2) is 0 Å². The largest absolute Gasteiger partial charge is 0.508 e. The van der Waals surface area contributed by atoms with Crippen molar-refractivity contribution >= 4 is 5.69 Å². The lowest BCUT2D eigenvalue weighted by Gasteiger charge is -2.09. The summed E-state index contributed by atoms with van der Waals surface area (Å²) in [5.41, 5.74) is 1.50. The molecule has 0 heterocycles. The molecule has 2 aromatic rings. The van der Waals surface area contributed by atoms with Gasteiger partial charge in [0.05, 0.1) is 11.3 Å².